The Morgan fingerprint density at radius 1 is 1.21 bits per heavy atom. The van der Waals surface area contributed by atoms with Crippen molar-refractivity contribution in [3.8, 4) is 6.07 Å². The molecule has 0 heterocycles. The molecule has 0 unspecified atom stereocenters. The van der Waals surface area contributed by atoms with Crippen molar-refractivity contribution in [2.24, 2.45) is 0 Å². The predicted octanol–water partition coefficient (Wildman–Crippen LogP) is 3.76. The SMILES string of the molecule is Cc1ccc(C#N)cc1NCc1cccc(F)c1F. The van der Waals surface area contributed by atoms with Gasteiger partial charge in [-0.15, -0.1) is 0 Å². The number of nitriles is 1. The minimum absolute atomic E-state index is 0.166. The lowest BCUT2D eigenvalue weighted by Gasteiger charge is -2.10. The molecule has 19 heavy (non-hydrogen) atoms. The van der Waals surface area contributed by atoms with Crippen LogP contribution in [-0.4, -0.2) is 0 Å². The third-order valence-corrected chi connectivity index (χ3v) is 2.87. The Morgan fingerprint density at radius 2 is 2.00 bits per heavy atom. The van der Waals surface area contributed by atoms with E-state index in [1.807, 2.05) is 19.1 Å². The summed E-state index contributed by atoms with van der Waals surface area (Å²) in [5.41, 5.74) is 2.45. The molecule has 0 aliphatic carbocycles. The van der Waals surface area contributed by atoms with E-state index >= 15 is 0 Å². The highest BCUT2D eigenvalue weighted by Crippen LogP contribution is 2.19. The Morgan fingerprint density at radius 3 is 2.74 bits per heavy atom. The van der Waals surface area contributed by atoms with Crippen LogP contribution in [0, 0.1) is 29.9 Å². The van der Waals surface area contributed by atoms with Gasteiger partial charge in [0, 0.05) is 17.8 Å². The lowest BCUT2D eigenvalue weighted by atomic mass is 10.1. The van der Waals surface area contributed by atoms with Crippen LogP contribution in [0.5, 0.6) is 0 Å². The van der Waals surface area contributed by atoms with Gasteiger partial charge in [0.1, 0.15) is 0 Å². The van der Waals surface area contributed by atoms with Crippen LogP contribution >= 0.6 is 0 Å². The average Bonchev–Trinajstić information content (AvgIpc) is 2.42. The normalized spacial score (nSPS) is 10.0. The van der Waals surface area contributed by atoms with E-state index in [9.17, 15) is 8.78 Å². The molecule has 1 N–H and O–H groups in total. The Balaban J connectivity index is 2.19. The third-order valence-electron chi connectivity index (χ3n) is 2.87. The van der Waals surface area contributed by atoms with Gasteiger partial charge in [0.25, 0.3) is 0 Å². The summed E-state index contributed by atoms with van der Waals surface area (Å²) < 4.78 is 26.5. The van der Waals surface area contributed by atoms with E-state index < -0.39 is 11.6 Å². The molecule has 0 aliphatic rings. The number of anilines is 1. The first-order valence-electron chi connectivity index (χ1n) is 5.79. The zero-order valence-corrected chi connectivity index (χ0v) is 10.4. The quantitative estimate of drug-likeness (QED) is 0.909. The molecule has 0 atom stereocenters. The van der Waals surface area contributed by atoms with Gasteiger partial charge in [-0.05, 0) is 30.7 Å². The smallest absolute Gasteiger partial charge is 0.163 e. The van der Waals surface area contributed by atoms with Crippen LogP contribution in [0.1, 0.15) is 16.7 Å². The maximum atomic E-state index is 13.5. The van der Waals surface area contributed by atoms with E-state index in [-0.39, 0.29) is 12.1 Å². The number of rotatable bonds is 3. The molecule has 2 aromatic carbocycles. The zero-order valence-electron chi connectivity index (χ0n) is 10.4. The molecule has 0 saturated heterocycles. The molecule has 96 valence electrons. The zero-order chi connectivity index (χ0) is 13.8. The van der Waals surface area contributed by atoms with Gasteiger partial charge in [-0.25, -0.2) is 8.78 Å². The lowest BCUT2D eigenvalue weighted by Crippen LogP contribution is -2.04. The Bertz CT molecular complexity index is 645. The van der Waals surface area contributed by atoms with Crippen molar-refractivity contribution in [2.75, 3.05) is 5.32 Å². The summed E-state index contributed by atoms with van der Waals surface area (Å²) in [7, 11) is 0. The van der Waals surface area contributed by atoms with Crippen molar-refractivity contribution in [1.82, 2.24) is 0 Å². The highest BCUT2D eigenvalue weighted by Gasteiger charge is 2.07. The molecule has 2 nitrogen and oxygen atoms in total. The molecule has 2 aromatic rings. The number of aryl methyl sites for hydroxylation is 1. The van der Waals surface area contributed by atoms with Crippen molar-refractivity contribution in [3.05, 3.63) is 64.7 Å². The first kappa shape index (κ1) is 13.0. The summed E-state index contributed by atoms with van der Waals surface area (Å²) in [5.74, 6) is -1.70. The molecule has 0 bridgehead atoms. The van der Waals surface area contributed by atoms with E-state index in [1.54, 1.807) is 12.1 Å². The van der Waals surface area contributed by atoms with Crippen molar-refractivity contribution in [3.63, 3.8) is 0 Å². The maximum absolute atomic E-state index is 13.5. The van der Waals surface area contributed by atoms with Gasteiger partial charge < -0.3 is 5.32 Å². The largest absolute Gasteiger partial charge is 0.381 e. The highest BCUT2D eigenvalue weighted by molar-refractivity contribution is 5.55. The van der Waals surface area contributed by atoms with E-state index in [1.165, 1.54) is 12.1 Å². The molecule has 0 aromatic heterocycles. The summed E-state index contributed by atoms with van der Waals surface area (Å²) in [4.78, 5) is 0. The number of nitrogens with zero attached hydrogens (tertiary/aromatic N) is 1. The van der Waals surface area contributed by atoms with Gasteiger partial charge in [0.05, 0.1) is 11.6 Å². The maximum Gasteiger partial charge on any atom is 0.163 e. The topological polar surface area (TPSA) is 35.8 Å². The van der Waals surface area contributed by atoms with E-state index in [2.05, 4.69) is 5.32 Å². The van der Waals surface area contributed by atoms with Crippen LogP contribution in [0.25, 0.3) is 0 Å². The van der Waals surface area contributed by atoms with E-state index in [0.29, 0.717) is 5.56 Å². The van der Waals surface area contributed by atoms with E-state index in [4.69, 9.17) is 5.26 Å². The first-order valence-corrected chi connectivity index (χ1v) is 5.79. The average molecular weight is 258 g/mol. The molecule has 0 aliphatic heterocycles. The van der Waals surface area contributed by atoms with Gasteiger partial charge >= 0.3 is 0 Å². The van der Waals surface area contributed by atoms with Gasteiger partial charge in [-0.1, -0.05) is 18.2 Å². The number of hydrogen-bond acceptors (Lipinski definition) is 2. The van der Waals surface area contributed by atoms with Crippen LogP contribution in [-0.2, 0) is 6.54 Å². The Kier molecular flexibility index (Phi) is 3.76. The molecule has 0 radical (unpaired) electrons. The molecular weight excluding hydrogens is 246 g/mol. The van der Waals surface area contributed by atoms with Crippen LogP contribution in [0.3, 0.4) is 0 Å². The van der Waals surface area contributed by atoms with Crippen LogP contribution in [0.2, 0.25) is 0 Å². The third kappa shape index (κ3) is 2.89. The fraction of sp³-hybridized carbons (Fsp3) is 0.133. The summed E-state index contributed by atoms with van der Waals surface area (Å²) in [6, 6.07) is 11.3. The highest BCUT2D eigenvalue weighted by atomic mass is 19.2. The minimum atomic E-state index is -0.859. The monoisotopic (exact) mass is 258 g/mol. The number of hydrogen-bond donors (Lipinski definition) is 1. The first-order chi connectivity index (χ1) is 9.11. The van der Waals surface area contributed by atoms with Crippen LogP contribution < -0.4 is 5.32 Å². The fourth-order valence-electron chi connectivity index (χ4n) is 1.76. The molecule has 0 fully saturated rings. The number of halogens is 2. The van der Waals surface area contributed by atoms with Crippen molar-refractivity contribution in [1.29, 1.82) is 5.26 Å². The Labute approximate surface area is 110 Å². The minimum Gasteiger partial charge on any atom is -0.381 e. The lowest BCUT2D eigenvalue weighted by molar-refractivity contribution is 0.500. The second-order valence-electron chi connectivity index (χ2n) is 4.21. The summed E-state index contributed by atoms with van der Waals surface area (Å²) in [6.07, 6.45) is 0. The summed E-state index contributed by atoms with van der Waals surface area (Å²) in [5, 5.41) is 11.8. The van der Waals surface area contributed by atoms with Gasteiger partial charge in [-0.3, -0.25) is 0 Å². The predicted molar refractivity (Wildman–Crippen MR) is 69.6 cm³/mol. The van der Waals surface area contributed by atoms with Crippen LogP contribution in [0.15, 0.2) is 36.4 Å². The van der Waals surface area contributed by atoms with Gasteiger partial charge in [0.2, 0.25) is 0 Å². The van der Waals surface area contributed by atoms with Gasteiger partial charge in [0.15, 0.2) is 11.6 Å². The standard InChI is InChI=1S/C15H12F2N2/c1-10-5-6-11(8-18)7-14(10)19-9-12-3-2-4-13(16)15(12)17/h2-7,19H,9H2,1H3. The molecule has 4 heteroatoms. The van der Waals surface area contributed by atoms with E-state index in [0.717, 1.165) is 17.3 Å². The fourth-order valence-corrected chi connectivity index (χ4v) is 1.76. The Hall–Kier alpha value is -2.41. The van der Waals surface area contributed by atoms with Gasteiger partial charge in [-0.2, -0.15) is 5.26 Å². The molecule has 0 saturated carbocycles. The molecule has 0 amide bonds. The van der Waals surface area contributed by atoms with Crippen molar-refractivity contribution in [2.45, 2.75) is 13.5 Å². The van der Waals surface area contributed by atoms with Crippen molar-refractivity contribution < 1.29 is 8.78 Å². The number of benzene rings is 2. The van der Waals surface area contributed by atoms with Crippen LogP contribution in [0.4, 0.5) is 14.5 Å². The summed E-state index contributed by atoms with van der Waals surface area (Å²) in [6.45, 7) is 2.05. The van der Waals surface area contributed by atoms with Crippen molar-refractivity contribution >= 4 is 5.69 Å². The summed E-state index contributed by atoms with van der Waals surface area (Å²) >= 11 is 0. The second-order valence-corrected chi connectivity index (χ2v) is 4.21. The molecule has 2 rings (SSSR count). The number of nitrogens with one attached hydrogen (secondary N) is 1. The molecular formula is C15H12F2N2. The second kappa shape index (κ2) is 5.49. The molecule has 0 spiro atoms.